The van der Waals surface area contributed by atoms with Crippen LogP contribution in [0.25, 0.3) is 0 Å². The Balaban J connectivity index is 2.26. The van der Waals surface area contributed by atoms with Gasteiger partial charge in [-0.2, -0.15) is 0 Å². The van der Waals surface area contributed by atoms with E-state index in [9.17, 15) is 0 Å². The summed E-state index contributed by atoms with van der Waals surface area (Å²) in [4.78, 5) is 4.14. The Morgan fingerprint density at radius 3 is 2.62 bits per heavy atom. The third kappa shape index (κ3) is 2.65. The second-order valence-electron chi connectivity index (χ2n) is 3.47. The van der Waals surface area contributed by atoms with Gasteiger partial charge in [0.05, 0.1) is 15.7 Å². The minimum atomic E-state index is 0.612. The van der Waals surface area contributed by atoms with E-state index in [1.807, 2.05) is 25.1 Å². The van der Waals surface area contributed by atoms with Crippen molar-refractivity contribution in [3.05, 3.63) is 52.1 Å². The molecular weight excluding hydrogens is 243 g/mol. The van der Waals surface area contributed by atoms with E-state index in [-0.39, 0.29) is 0 Å². The predicted octanol–water partition coefficient (Wildman–Crippen LogP) is 4.44. The van der Waals surface area contributed by atoms with Crippen molar-refractivity contribution in [2.45, 2.75) is 6.92 Å². The summed E-state index contributed by atoms with van der Waals surface area (Å²) in [6.07, 6.45) is 1.59. The van der Waals surface area contributed by atoms with Crippen LogP contribution in [0.5, 0.6) is 0 Å². The van der Waals surface area contributed by atoms with Crippen molar-refractivity contribution in [3.63, 3.8) is 0 Å². The van der Waals surface area contributed by atoms with Gasteiger partial charge < -0.3 is 5.32 Å². The van der Waals surface area contributed by atoms with Crippen LogP contribution < -0.4 is 5.32 Å². The van der Waals surface area contributed by atoms with Crippen LogP contribution >= 0.6 is 23.2 Å². The molecule has 0 amide bonds. The number of pyridine rings is 1. The van der Waals surface area contributed by atoms with Gasteiger partial charge in [0.25, 0.3) is 0 Å². The number of anilines is 2. The fourth-order valence-corrected chi connectivity index (χ4v) is 1.60. The Hall–Kier alpha value is -1.25. The average Bonchev–Trinajstić information content (AvgIpc) is 2.27. The summed E-state index contributed by atoms with van der Waals surface area (Å²) in [5, 5.41) is 4.42. The van der Waals surface area contributed by atoms with E-state index in [4.69, 9.17) is 23.2 Å². The van der Waals surface area contributed by atoms with E-state index in [2.05, 4.69) is 10.3 Å². The number of rotatable bonds is 2. The van der Waals surface area contributed by atoms with Crippen LogP contribution in [-0.4, -0.2) is 4.98 Å². The van der Waals surface area contributed by atoms with E-state index in [1.165, 1.54) is 0 Å². The highest BCUT2D eigenvalue weighted by Gasteiger charge is 2.01. The minimum absolute atomic E-state index is 0.612. The van der Waals surface area contributed by atoms with Gasteiger partial charge in [0.2, 0.25) is 0 Å². The van der Waals surface area contributed by atoms with Crippen LogP contribution in [0, 0.1) is 6.92 Å². The van der Waals surface area contributed by atoms with E-state index in [0.29, 0.717) is 10.0 Å². The van der Waals surface area contributed by atoms with Gasteiger partial charge in [0.15, 0.2) is 0 Å². The summed E-state index contributed by atoms with van der Waals surface area (Å²) < 4.78 is 0. The molecule has 1 aromatic carbocycles. The van der Waals surface area contributed by atoms with Gasteiger partial charge in [-0.25, -0.2) is 4.98 Å². The maximum Gasteiger partial charge on any atom is 0.130 e. The highest BCUT2D eigenvalue weighted by molar-refractivity contribution is 6.33. The first kappa shape index (κ1) is 11.2. The van der Waals surface area contributed by atoms with Gasteiger partial charge in [0, 0.05) is 6.20 Å². The number of aryl methyl sites for hydroxylation is 1. The molecule has 2 rings (SSSR count). The molecule has 0 unspecified atom stereocenters. The Bertz CT molecular complexity index is 495. The highest BCUT2D eigenvalue weighted by atomic mass is 35.5. The third-order valence-electron chi connectivity index (χ3n) is 2.11. The smallest absolute Gasteiger partial charge is 0.130 e. The molecule has 0 bridgehead atoms. The zero-order valence-electron chi connectivity index (χ0n) is 8.67. The molecule has 1 N–H and O–H groups in total. The number of hydrogen-bond acceptors (Lipinski definition) is 2. The molecule has 1 heterocycles. The van der Waals surface area contributed by atoms with Crippen LogP contribution in [0.15, 0.2) is 36.5 Å². The lowest BCUT2D eigenvalue weighted by atomic mass is 10.2. The molecule has 0 saturated heterocycles. The average molecular weight is 253 g/mol. The van der Waals surface area contributed by atoms with Crippen molar-refractivity contribution in [3.8, 4) is 0 Å². The van der Waals surface area contributed by atoms with Crippen molar-refractivity contribution in [2.24, 2.45) is 0 Å². The number of nitrogens with one attached hydrogen (secondary N) is 1. The molecule has 0 atom stereocenters. The molecule has 4 heteroatoms. The van der Waals surface area contributed by atoms with Crippen LogP contribution in [0.1, 0.15) is 5.56 Å². The topological polar surface area (TPSA) is 24.9 Å². The number of benzene rings is 1. The standard InChI is InChI=1S/C12H10Cl2N2/c1-8-2-4-10(14)11(6-8)16-12-5-3-9(13)7-15-12/h2-7H,1H3,(H,15,16). The van der Waals surface area contributed by atoms with Crippen LogP contribution in [-0.2, 0) is 0 Å². The highest BCUT2D eigenvalue weighted by Crippen LogP contribution is 2.25. The molecule has 82 valence electrons. The van der Waals surface area contributed by atoms with E-state index >= 15 is 0 Å². The predicted molar refractivity (Wildman–Crippen MR) is 68.7 cm³/mol. The molecule has 1 aromatic heterocycles. The number of halogens is 2. The lowest BCUT2D eigenvalue weighted by molar-refractivity contribution is 1.30. The molecule has 0 aliphatic rings. The maximum atomic E-state index is 6.06. The van der Waals surface area contributed by atoms with Crippen LogP contribution in [0.3, 0.4) is 0 Å². The molecule has 16 heavy (non-hydrogen) atoms. The molecule has 0 spiro atoms. The Morgan fingerprint density at radius 2 is 1.94 bits per heavy atom. The van der Waals surface area contributed by atoms with Crippen molar-refractivity contribution in [2.75, 3.05) is 5.32 Å². The van der Waals surface area contributed by atoms with Crippen molar-refractivity contribution in [1.29, 1.82) is 0 Å². The largest absolute Gasteiger partial charge is 0.339 e. The zero-order chi connectivity index (χ0) is 11.5. The van der Waals surface area contributed by atoms with Gasteiger partial charge in [-0.3, -0.25) is 0 Å². The first-order valence-corrected chi connectivity index (χ1v) is 5.55. The summed E-state index contributed by atoms with van der Waals surface area (Å²) in [5.41, 5.74) is 1.98. The van der Waals surface area contributed by atoms with Gasteiger partial charge >= 0.3 is 0 Å². The molecule has 0 fully saturated rings. The van der Waals surface area contributed by atoms with E-state index in [1.54, 1.807) is 18.3 Å². The summed E-state index contributed by atoms with van der Waals surface area (Å²) in [6.45, 7) is 2.01. The quantitative estimate of drug-likeness (QED) is 0.855. The van der Waals surface area contributed by atoms with Crippen LogP contribution in [0.2, 0.25) is 10.0 Å². The van der Waals surface area contributed by atoms with Crippen molar-refractivity contribution < 1.29 is 0 Å². The lowest BCUT2D eigenvalue weighted by Crippen LogP contribution is -1.94. The minimum Gasteiger partial charge on any atom is -0.339 e. The Labute approximate surface area is 104 Å². The first-order chi connectivity index (χ1) is 7.65. The molecule has 0 saturated carbocycles. The molecular formula is C12H10Cl2N2. The number of aromatic nitrogens is 1. The van der Waals surface area contributed by atoms with Gasteiger partial charge in [-0.15, -0.1) is 0 Å². The zero-order valence-corrected chi connectivity index (χ0v) is 10.2. The maximum absolute atomic E-state index is 6.06. The summed E-state index contributed by atoms with van der Waals surface area (Å²) in [7, 11) is 0. The first-order valence-electron chi connectivity index (χ1n) is 4.80. The van der Waals surface area contributed by atoms with Crippen molar-refractivity contribution in [1.82, 2.24) is 4.98 Å². The van der Waals surface area contributed by atoms with Crippen molar-refractivity contribution >= 4 is 34.7 Å². The monoisotopic (exact) mass is 252 g/mol. The van der Waals surface area contributed by atoms with E-state index < -0.39 is 0 Å². The number of nitrogens with zero attached hydrogens (tertiary/aromatic N) is 1. The molecule has 2 aromatic rings. The molecule has 0 radical (unpaired) electrons. The van der Waals surface area contributed by atoms with Crippen LogP contribution in [0.4, 0.5) is 11.5 Å². The fraction of sp³-hybridized carbons (Fsp3) is 0.0833. The lowest BCUT2D eigenvalue weighted by Gasteiger charge is -2.08. The number of hydrogen-bond donors (Lipinski definition) is 1. The van der Waals surface area contributed by atoms with Gasteiger partial charge in [-0.05, 0) is 36.8 Å². The summed E-state index contributed by atoms with van der Waals surface area (Å²) in [5.74, 6) is 0.719. The second-order valence-corrected chi connectivity index (χ2v) is 4.31. The second kappa shape index (κ2) is 4.73. The van der Waals surface area contributed by atoms with Gasteiger partial charge in [0.1, 0.15) is 5.82 Å². The normalized spacial score (nSPS) is 10.2. The Morgan fingerprint density at radius 1 is 1.12 bits per heavy atom. The van der Waals surface area contributed by atoms with E-state index in [0.717, 1.165) is 17.1 Å². The molecule has 0 aliphatic heterocycles. The molecule has 0 aliphatic carbocycles. The van der Waals surface area contributed by atoms with Gasteiger partial charge in [-0.1, -0.05) is 29.3 Å². The Kier molecular flexibility index (Phi) is 3.32. The molecule has 2 nitrogen and oxygen atoms in total. The fourth-order valence-electron chi connectivity index (χ4n) is 1.32. The SMILES string of the molecule is Cc1ccc(Cl)c(Nc2ccc(Cl)cn2)c1. The summed E-state index contributed by atoms with van der Waals surface area (Å²) >= 11 is 11.8. The summed E-state index contributed by atoms with van der Waals surface area (Å²) in [6, 6.07) is 9.37. The third-order valence-corrected chi connectivity index (χ3v) is 2.67.